The van der Waals surface area contributed by atoms with Crippen molar-refractivity contribution in [2.24, 2.45) is 5.92 Å². The highest BCUT2D eigenvalue weighted by atomic mass is 16.5. The lowest BCUT2D eigenvalue weighted by molar-refractivity contribution is -0.143. The average Bonchev–Trinajstić information content (AvgIpc) is 3.52. The van der Waals surface area contributed by atoms with Crippen LogP contribution in [-0.2, 0) is 23.1 Å². The fourth-order valence-corrected chi connectivity index (χ4v) is 10.5. The minimum absolute atomic E-state index is 0.0196. The second-order valence-electron chi connectivity index (χ2n) is 15.4. The van der Waals surface area contributed by atoms with Gasteiger partial charge in [0.25, 0.3) is 0 Å². The Kier molecular flexibility index (Phi) is 9.84. The molecule has 1 N–H and O–H groups in total. The normalized spacial score (nSPS) is 24.2. The number of rotatable bonds is 14. The first-order valence-corrected chi connectivity index (χ1v) is 19.4. The van der Waals surface area contributed by atoms with E-state index in [1.165, 1.54) is 16.7 Å². The third-order valence-electron chi connectivity index (χ3n) is 12.8. The summed E-state index contributed by atoms with van der Waals surface area (Å²) in [4.78, 5) is 19.7. The number of amides is 1. The zero-order valence-corrected chi connectivity index (χ0v) is 30.5. The molecule has 4 aromatic carbocycles. The monoisotopic (exact) mass is 696 g/mol. The third kappa shape index (κ3) is 6.09. The van der Waals surface area contributed by atoms with Crippen LogP contribution >= 0.6 is 0 Å². The summed E-state index contributed by atoms with van der Waals surface area (Å²) >= 11 is 0. The Balaban J connectivity index is 1.15. The SMILES string of the molecule is C=CCN1CC[C@]23c4c5c(O)cc(OC)c4O[C@H]2[C@H](N(CC(c2ccccc2)c2ccccc2)C(=O)CCCCCc2ccccc2)CC[C@H]3[C@H]1C5. The Labute approximate surface area is 309 Å². The predicted octanol–water partition coefficient (Wildman–Crippen LogP) is 8.46. The number of ether oxygens (including phenoxy) is 2. The van der Waals surface area contributed by atoms with Gasteiger partial charge in [-0.3, -0.25) is 9.69 Å². The molecule has 1 spiro atoms. The molecule has 4 aliphatic rings. The molecule has 52 heavy (non-hydrogen) atoms. The summed E-state index contributed by atoms with van der Waals surface area (Å²) in [5.41, 5.74) is 5.61. The van der Waals surface area contributed by atoms with Gasteiger partial charge in [-0.15, -0.1) is 6.58 Å². The molecule has 6 heteroatoms. The molecule has 8 rings (SSSR count). The largest absolute Gasteiger partial charge is 0.508 e. The van der Waals surface area contributed by atoms with Crippen LogP contribution in [0.2, 0.25) is 0 Å². The van der Waals surface area contributed by atoms with Crippen LogP contribution in [0.3, 0.4) is 0 Å². The van der Waals surface area contributed by atoms with Gasteiger partial charge in [0, 0.05) is 54.1 Å². The van der Waals surface area contributed by atoms with Crippen LogP contribution in [0.25, 0.3) is 0 Å². The minimum Gasteiger partial charge on any atom is -0.508 e. The molecule has 2 aliphatic heterocycles. The van der Waals surface area contributed by atoms with E-state index in [4.69, 9.17) is 9.47 Å². The number of piperidine rings is 1. The van der Waals surface area contributed by atoms with Crippen molar-refractivity contribution in [3.63, 3.8) is 0 Å². The van der Waals surface area contributed by atoms with Gasteiger partial charge >= 0.3 is 0 Å². The number of hydrogen-bond donors (Lipinski definition) is 1. The number of phenols is 1. The number of hydrogen-bond acceptors (Lipinski definition) is 5. The summed E-state index contributed by atoms with van der Waals surface area (Å²) in [5, 5.41) is 11.5. The van der Waals surface area contributed by atoms with Gasteiger partial charge < -0.3 is 19.5 Å². The van der Waals surface area contributed by atoms with Gasteiger partial charge in [-0.25, -0.2) is 0 Å². The Morgan fingerprint density at radius 2 is 1.69 bits per heavy atom. The van der Waals surface area contributed by atoms with Crippen LogP contribution in [0.1, 0.15) is 78.7 Å². The highest BCUT2D eigenvalue weighted by Crippen LogP contribution is 2.65. The van der Waals surface area contributed by atoms with Crippen LogP contribution in [0.4, 0.5) is 0 Å². The Hall–Kier alpha value is -4.55. The quantitative estimate of drug-likeness (QED) is 0.106. The second-order valence-corrected chi connectivity index (χ2v) is 15.4. The molecule has 270 valence electrons. The number of carbonyl (C=O) groups excluding carboxylic acids is 1. The highest BCUT2D eigenvalue weighted by molar-refractivity contribution is 5.77. The van der Waals surface area contributed by atoms with Gasteiger partial charge in [-0.1, -0.05) is 103 Å². The van der Waals surface area contributed by atoms with E-state index in [9.17, 15) is 9.90 Å². The molecule has 0 radical (unpaired) electrons. The van der Waals surface area contributed by atoms with Crippen LogP contribution in [-0.4, -0.2) is 65.7 Å². The van der Waals surface area contributed by atoms with Gasteiger partial charge in [-0.2, -0.15) is 0 Å². The zero-order chi connectivity index (χ0) is 35.7. The van der Waals surface area contributed by atoms with Gasteiger partial charge in [0.1, 0.15) is 11.9 Å². The third-order valence-corrected chi connectivity index (χ3v) is 12.8. The molecule has 1 amide bonds. The number of aryl methyl sites for hydroxylation is 1. The number of aromatic hydroxyl groups is 1. The summed E-state index contributed by atoms with van der Waals surface area (Å²) < 4.78 is 13.1. The van der Waals surface area contributed by atoms with Gasteiger partial charge in [0.2, 0.25) is 5.91 Å². The molecule has 1 saturated carbocycles. The Bertz CT molecular complexity index is 1820. The van der Waals surface area contributed by atoms with Crippen molar-refractivity contribution in [3.05, 3.63) is 138 Å². The van der Waals surface area contributed by atoms with Crippen molar-refractivity contribution in [3.8, 4) is 17.2 Å². The smallest absolute Gasteiger partial charge is 0.222 e. The van der Waals surface area contributed by atoms with Crippen molar-refractivity contribution in [2.75, 3.05) is 26.7 Å². The van der Waals surface area contributed by atoms with Crippen molar-refractivity contribution in [1.29, 1.82) is 0 Å². The highest BCUT2D eigenvalue weighted by Gasteiger charge is 2.67. The van der Waals surface area contributed by atoms with Crippen molar-refractivity contribution < 1.29 is 19.4 Å². The Morgan fingerprint density at radius 3 is 2.37 bits per heavy atom. The summed E-state index contributed by atoms with van der Waals surface area (Å²) in [5.74, 6) is 2.25. The molecular formula is C46H52N2O4. The van der Waals surface area contributed by atoms with E-state index in [0.29, 0.717) is 30.4 Å². The molecular weight excluding hydrogens is 645 g/mol. The molecule has 0 aromatic heterocycles. The molecule has 2 bridgehead atoms. The van der Waals surface area contributed by atoms with Gasteiger partial charge in [-0.05, 0) is 74.1 Å². The van der Waals surface area contributed by atoms with Crippen molar-refractivity contribution in [1.82, 2.24) is 9.80 Å². The number of likely N-dealkylation sites (tertiary alicyclic amines) is 1. The molecule has 2 aliphatic carbocycles. The number of unbranched alkanes of at least 4 members (excludes halogenated alkanes) is 2. The molecule has 2 heterocycles. The van der Waals surface area contributed by atoms with Gasteiger partial charge in [0.05, 0.1) is 13.2 Å². The van der Waals surface area contributed by atoms with E-state index in [1.807, 2.05) is 6.08 Å². The summed E-state index contributed by atoms with van der Waals surface area (Å²) in [6, 6.07) is 33.9. The number of nitrogens with zero attached hydrogens (tertiary/aromatic N) is 2. The first-order valence-electron chi connectivity index (χ1n) is 19.4. The topological polar surface area (TPSA) is 62.2 Å². The fraction of sp³-hybridized carbons (Fsp3) is 0.413. The first kappa shape index (κ1) is 34.5. The molecule has 0 unspecified atom stereocenters. The summed E-state index contributed by atoms with van der Waals surface area (Å²) in [6.07, 6.45) is 9.86. The van der Waals surface area contributed by atoms with Crippen LogP contribution in [0.15, 0.2) is 110 Å². The van der Waals surface area contributed by atoms with Crippen molar-refractivity contribution in [2.45, 2.75) is 87.3 Å². The van der Waals surface area contributed by atoms with Crippen LogP contribution in [0, 0.1) is 5.92 Å². The van der Waals surface area contributed by atoms with Crippen LogP contribution < -0.4 is 9.47 Å². The molecule has 2 fully saturated rings. The van der Waals surface area contributed by atoms with E-state index < -0.39 is 0 Å². The zero-order valence-electron chi connectivity index (χ0n) is 30.5. The second kappa shape index (κ2) is 14.8. The molecule has 4 aromatic rings. The fourth-order valence-electron chi connectivity index (χ4n) is 10.5. The van der Waals surface area contributed by atoms with E-state index in [1.54, 1.807) is 13.2 Å². The number of carbonyl (C=O) groups is 1. The van der Waals surface area contributed by atoms with E-state index in [0.717, 1.165) is 81.3 Å². The van der Waals surface area contributed by atoms with Crippen molar-refractivity contribution >= 4 is 5.91 Å². The maximum atomic E-state index is 14.9. The molecule has 1 saturated heterocycles. The summed E-state index contributed by atoms with van der Waals surface area (Å²) in [6.45, 7) is 6.43. The lowest BCUT2D eigenvalue weighted by Gasteiger charge is -2.60. The van der Waals surface area contributed by atoms with E-state index in [-0.39, 0.29) is 35.4 Å². The lowest BCUT2D eigenvalue weighted by Crippen LogP contribution is -2.69. The number of phenolic OH excluding ortho intramolecular Hbond substituents is 1. The van der Waals surface area contributed by atoms with E-state index >= 15 is 0 Å². The number of benzene rings is 4. The lowest BCUT2D eigenvalue weighted by atomic mass is 9.50. The minimum atomic E-state index is -0.302. The van der Waals surface area contributed by atoms with Crippen LogP contribution in [0.5, 0.6) is 17.2 Å². The first-order chi connectivity index (χ1) is 25.5. The molecule has 5 atom stereocenters. The Morgan fingerprint density at radius 1 is 1.00 bits per heavy atom. The predicted molar refractivity (Wildman–Crippen MR) is 206 cm³/mol. The summed E-state index contributed by atoms with van der Waals surface area (Å²) in [7, 11) is 1.66. The maximum Gasteiger partial charge on any atom is 0.222 e. The van der Waals surface area contributed by atoms with E-state index in [2.05, 4.69) is 107 Å². The van der Waals surface area contributed by atoms with Gasteiger partial charge in [0.15, 0.2) is 11.5 Å². The maximum absolute atomic E-state index is 14.9. The standard InChI is InChI=1S/C46H52N2O4/c1-3-27-47-28-26-46-37-24-25-38(45(46)52-44-41(51-2)30-40(49)35(43(44)46)29-39(37)47)48(42(50)23-15-5-10-18-32-16-8-4-9-17-32)31-36(33-19-11-6-12-20-33)34-21-13-7-14-22-34/h3-4,6-9,11-14,16-17,19-22,30,36-39,45,49H,1,5,10,15,18,23-29,31H2,2H3/t37-,38+,39+,45-,46-/m0/s1. The average molecular weight is 697 g/mol. The molecule has 6 nitrogen and oxygen atoms in total. The number of methoxy groups -OCH3 is 1.